The maximum Gasteiger partial charge on any atom is 0.127 e. The molecule has 0 fully saturated rings. The summed E-state index contributed by atoms with van der Waals surface area (Å²) in [6.45, 7) is 7.97. The molecule has 2 heterocycles. The van der Waals surface area contributed by atoms with Crippen LogP contribution in [0.3, 0.4) is 0 Å². The van der Waals surface area contributed by atoms with E-state index in [-0.39, 0.29) is 5.60 Å². The molecule has 0 saturated heterocycles. The van der Waals surface area contributed by atoms with Gasteiger partial charge in [-0.15, -0.1) is 0 Å². The summed E-state index contributed by atoms with van der Waals surface area (Å²) in [4.78, 5) is 0. The van der Waals surface area contributed by atoms with Gasteiger partial charge in [0.25, 0.3) is 0 Å². The first kappa shape index (κ1) is 14.1. The minimum Gasteiger partial charge on any atom is -0.487 e. The standard InChI is InChI=1S/C17H23N3O/c1-12-15(11-20(4)19-12)10-18-9-14-7-5-6-13-8-17(2,3)21-16(13)14/h5-7,11,18H,8-10H2,1-4H3. The molecule has 3 rings (SSSR count). The fourth-order valence-corrected chi connectivity index (χ4v) is 2.97. The van der Waals surface area contributed by atoms with Crippen LogP contribution in [-0.2, 0) is 26.6 Å². The SMILES string of the molecule is Cc1nn(C)cc1CNCc1cccc2c1OC(C)(C)C2. The molecule has 1 aliphatic heterocycles. The number of fused-ring (bicyclic) bond motifs is 1. The molecule has 1 aromatic heterocycles. The molecule has 1 N–H and O–H groups in total. The fourth-order valence-electron chi connectivity index (χ4n) is 2.97. The van der Waals surface area contributed by atoms with Gasteiger partial charge in [0.05, 0.1) is 5.69 Å². The number of nitrogens with zero attached hydrogens (tertiary/aromatic N) is 2. The minimum atomic E-state index is -0.0849. The van der Waals surface area contributed by atoms with E-state index in [1.54, 1.807) is 0 Å². The normalized spacial score (nSPS) is 15.8. The molecule has 21 heavy (non-hydrogen) atoms. The van der Waals surface area contributed by atoms with Crippen molar-refractivity contribution in [2.24, 2.45) is 7.05 Å². The van der Waals surface area contributed by atoms with E-state index in [1.807, 2.05) is 18.7 Å². The summed E-state index contributed by atoms with van der Waals surface area (Å²) >= 11 is 0. The van der Waals surface area contributed by atoms with E-state index < -0.39 is 0 Å². The second kappa shape index (κ2) is 5.19. The van der Waals surface area contributed by atoms with E-state index in [9.17, 15) is 0 Å². The lowest BCUT2D eigenvalue weighted by Gasteiger charge is -2.18. The van der Waals surface area contributed by atoms with E-state index in [0.29, 0.717) is 0 Å². The zero-order valence-corrected chi connectivity index (χ0v) is 13.2. The zero-order chi connectivity index (χ0) is 15.0. The lowest BCUT2D eigenvalue weighted by atomic mass is 10.0. The Morgan fingerprint density at radius 2 is 2.05 bits per heavy atom. The first-order chi connectivity index (χ1) is 9.94. The van der Waals surface area contributed by atoms with Crippen molar-refractivity contribution in [1.82, 2.24) is 15.1 Å². The Kier molecular flexibility index (Phi) is 3.49. The Morgan fingerprint density at radius 3 is 2.76 bits per heavy atom. The number of hydrogen-bond acceptors (Lipinski definition) is 3. The number of ether oxygens (including phenoxy) is 1. The molecular weight excluding hydrogens is 262 g/mol. The average Bonchev–Trinajstić information content (AvgIpc) is 2.87. The second-order valence-electron chi connectivity index (χ2n) is 6.46. The number of rotatable bonds is 4. The Bertz CT molecular complexity index is 658. The van der Waals surface area contributed by atoms with Gasteiger partial charge < -0.3 is 10.1 Å². The molecule has 0 spiro atoms. The number of hydrogen-bond donors (Lipinski definition) is 1. The van der Waals surface area contributed by atoms with Crippen LogP contribution in [0.2, 0.25) is 0 Å². The molecule has 4 nitrogen and oxygen atoms in total. The highest BCUT2D eigenvalue weighted by atomic mass is 16.5. The largest absolute Gasteiger partial charge is 0.487 e. The van der Waals surface area contributed by atoms with E-state index >= 15 is 0 Å². The van der Waals surface area contributed by atoms with Crippen LogP contribution in [0.5, 0.6) is 5.75 Å². The van der Waals surface area contributed by atoms with Gasteiger partial charge in [0.2, 0.25) is 0 Å². The van der Waals surface area contributed by atoms with E-state index in [2.05, 4.69) is 48.7 Å². The molecule has 0 saturated carbocycles. The Hall–Kier alpha value is -1.81. The molecule has 0 aliphatic carbocycles. The van der Waals surface area contributed by atoms with Gasteiger partial charge in [0, 0.05) is 43.9 Å². The molecule has 0 bridgehead atoms. The van der Waals surface area contributed by atoms with Gasteiger partial charge in [-0.25, -0.2) is 0 Å². The molecular formula is C17H23N3O. The Balaban J connectivity index is 1.67. The lowest BCUT2D eigenvalue weighted by molar-refractivity contribution is 0.137. The van der Waals surface area contributed by atoms with Crippen molar-refractivity contribution in [1.29, 1.82) is 0 Å². The highest BCUT2D eigenvalue weighted by Gasteiger charge is 2.31. The van der Waals surface area contributed by atoms with Gasteiger partial charge in [0.1, 0.15) is 11.4 Å². The number of nitrogens with one attached hydrogen (secondary N) is 1. The smallest absolute Gasteiger partial charge is 0.127 e. The topological polar surface area (TPSA) is 39.1 Å². The highest BCUT2D eigenvalue weighted by Crippen LogP contribution is 2.37. The summed E-state index contributed by atoms with van der Waals surface area (Å²) in [7, 11) is 1.95. The zero-order valence-electron chi connectivity index (χ0n) is 13.2. The Morgan fingerprint density at radius 1 is 1.29 bits per heavy atom. The summed E-state index contributed by atoms with van der Waals surface area (Å²) in [5, 5.41) is 7.86. The maximum absolute atomic E-state index is 6.10. The predicted molar refractivity (Wildman–Crippen MR) is 83.3 cm³/mol. The molecule has 0 amide bonds. The van der Waals surface area contributed by atoms with Crippen molar-refractivity contribution in [3.05, 3.63) is 46.8 Å². The quantitative estimate of drug-likeness (QED) is 0.939. The van der Waals surface area contributed by atoms with Crippen LogP contribution in [-0.4, -0.2) is 15.4 Å². The van der Waals surface area contributed by atoms with Crippen LogP contribution in [0.15, 0.2) is 24.4 Å². The third kappa shape index (κ3) is 2.95. The molecule has 2 aromatic rings. The lowest BCUT2D eigenvalue weighted by Crippen LogP contribution is -2.25. The van der Waals surface area contributed by atoms with Gasteiger partial charge >= 0.3 is 0 Å². The van der Waals surface area contributed by atoms with Crippen molar-refractivity contribution >= 4 is 0 Å². The van der Waals surface area contributed by atoms with Gasteiger partial charge in [-0.3, -0.25) is 4.68 Å². The molecule has 1 aliphatic rings. The van der Waals surface area contributed by atoms with Crippen LogP contribution in [0.4, 0.5) is 0 Å². The van der Waals surface area contributed by atoms with Crippen LogP contribution in [0.1, 0.15) is 36.2 Å². The monoisotopic (exact) mass is 285 g/mol. The summed E-state index contributed by atoms with van der Waals surface area (Å²) in [5.41, 5.74) is 4.79. The van der Waals surface area contributed by atoms with Crippen LogP contribution >= 0.6 is 0 Å². The molecule has 0 atom stereocenters. The number of aryl methyl sites for hydroxylation is 2. The van der Waals surface area contributed by atoms with Crippen LogP contribution in [0.25, 0.3) is 0 Å². The van der Waals surface area contributed by atoms with Crippen molar-refractivity contribution in [3.8, 4) is 5.75 Å². The predicted octanol–water partition coefficient (Wildman–Crippen LogP) is 2.73. The summed E-state index contributed by atoms with van der Waals surface area (Å²) in [5.74, 6) is 1.07. The molecule has 4 heteroatoms. The summed E-state index contributed by atoms with van der Waals surface area (Å²) in [6, 6.07) is 6.43. The summed E-state index contributed by atoms with van der Waals surface area (Å²) < 4.78 is 7.96. The van der Waals surface area contributed by atoms with Gasteiger partial charge in [-0.2, -0.15) is 5.10 Å². The average molecular weight is 285 g/mol. The van der Waals surface area contributed by atoms with Gasteiger partial charge in [0.15, 0.2) is 0 Å². The summed E-state index contributed by atoms with van der Waals surface area (Å²) in [6.07, 6.45) is 3.05. The number of aromatic nitrogens is 2. The third-order valence-electron chi connectivity index (χ3n) is 3.92. The maximum atomic E-state index is 6.10. The molecule has 112 valence electrons. The minimum absolute atomic E-state index is 0.0849. The van der Waals surface area contributed by atoms with E-state index in [4.69, 9.17) is 4.74 Å². The first-order valence-electron chi connectivity index (χ1n) is 7.44. The van der Waals surface area contributed by atoms with E-state index in [1.165, 1.54) is 16.7 Å². The number of benzene rings is 1. The van der Waals surface area contributed by atoms with Crippen molar-refractivity contribution < 1.29 is 4.74 Å². The van der Waals surface area contributed by atoms with Crippen molar-refractivity contribution in [2.75, 3.05) is 0 Å². The Labute approximate surface area is 126 Å². The highest BCUT2D eigenvalue weighted by molar-refractivity contribution is 5.45. The fraction of sp³-hybridized carbons (Fsp3) is 0.471. The van der Waals surface area contributed by atoms with Crippen molar-refractivity contribution in [3.63, 3.8) is 0 Å². The molecule has 0 unspecified atom stereocenters. The molecule has 1 aromatic carbocycles. The number of para-hydroxylation sites is 1. The van der Waals surface area contributed by atoms with Crippen LogP contribution in [0, 0.1) is 6.92 Å². The second-order valence-corrected chi connectivity index (χ2v) is 6.46. The third-order valence-corrected chi connectivity index (χ3v) is 3.92. The van der Waals surface area contributed by atoms with Gasteiger partial charge in [-0.05, 0) is 26.3 Å². The van der Waals surface area contributed by atoms with Gasteiger partial charge in [-0.1, -0.05) is 18.2 Å². The first-order valence-corrected chi connectivity index (χ1v) is 7.44. The van der Waals surface area contributed by atoms with Crippen molar-refractivity contribution in [2.45, 2.75) is 45.9 Å². The van der Waals surface area contributed by atoms with Crippen LogP contribution < -0.4 is 10.1 Å². The molecule has 0 radical (unpaired) electrons. The van der Waals surface area contributed by atoms with E-state index in [0.717, 1.165) is 31.0 Å².